The van der Waals surface area contributed by atoms with Crippen molar-refractivity contribution in [1.82, 2.24) is 10.6 Å². The monoisotopic (exact) mass is 365 g/mol. The van der Waals surface area contributed by atoms with E-state index in [1.54, 1.807) is 36.1 Å². The Hall–Kier alpha value is -3.15. The fourth-order valence-corrected chi connectivity index (χ4v) is 2.99. The van der Waals surface area contributed by atoms with Gasteiger partial charge in [-0.1, -0.05) is 30.3 Å². The minimum absolute atomic E-state index is 0.152. The van der Waals surface area contributed by atoms with Crippen LogP contribution in [-0.2, 0) is 16.1 Å². The third-order valence-electron chi connectivity index (χ3n) is 4.57. The van der Waals surface area contributed by atoms with E-state index in [1.807, 2.05) is 30.3 Å². The Morgan fingerprint density at radius 2 is 1.78 bits per heavy atom. The van der Waals surface area contributed by atoms with Crippen molar-refractivity contribution in [2.75, 3.05) is 11.4 Å². The van der Waals surface area contributed by atoms with Crippen LogP contribution in [0.4, 0.5) is 5.69 Å². The highest BCUT2D eigenvalue weighted by atomic mass is 16.2. The van der Waals surface area contributed by atoms with Crippen molar-refractivity contribution in [3.63, 3.8) is 0 Å². The second kappa shape index (κ2) is 8.49. The van der Waals surface area contributed by atoms with Gasteiger partial charge in [0.1, 0.15) is 6.04 Å². The third-order valence-corrected chi connectivity index (χ3v) is 4.57. The van der Waals surface area contributed by atoms with Gasteiger partial charge in [0.15, 0.2) is 0 Å². The summed E-state index contributed by atoms with van der Waals surface area (Å²) >= 11 is 0. The lowest BCUT2D eigenvalue weighted by atomic mass is 10.1. The highest BCUT2D eigenvalue weighted by Gasteiger charge is 2.21. The summed E-state index contributed by atoms with van der Waals surface area (Å²) in [5.74, 6) is -0.380. The molecular weight excluding hydrogens is 342 g/mol. The van der Waals surface area contributed by atoms with Crippen LogP contribution in [0.5, 0.6) is 0 Å². The van der Waals surface area contributed by atoms with Crippen LogP contribution in [0.25, 0.3) is 0 Å². The van der Waals surface area contributed by atoms with Crippen molar-refractivity contribution < 1.29 is 14.4 Å². The Morgan fingerprint density at radius 3 is 2.41 bits per heavy atom. The van der Waals surface area contributed by atoms with E-state index in [0.29, 0.717) is 18.5 Å². The van der Waals surface area contributed by atoms with Gasteiger partial charge < -0.3 is 15.5 Å². The maximum absolute atomic E-state index is 12.2. The highest BCUT2D eigenvalue weighted by molar-refractivity contribution is 5.97. The average Bonchev–Trinajstić information content (AvgIpc) is 3.13. The van der Waals surface area contributed by atoms with Gasteiger partial charge in [0.25, 0.3) is 5.91 Å². The first-order valence-corrected chi connectivity index (χ1v) is 9.07. The molecule has 1 unspecified atom stereocenters. The first-order chi connectivity index (χ1) is 13.0. The van der Waals surface area contributed by atoms with Crippen molar-refractivity contribution >= 4 is 23.4 Å². The first kappa shape index (κ1) is 18.6. The van der Waals surface area contributed by atoms with Crippen LogP contribution in [0.1, 0.15) is 35.7 Å². The molecule has 1 fully saturated rings. The lowest BCUT2D eigenvalue weighted by molar-refractivity contribution is -0.122. The number of carbonyl (C=O) groups excluding carboxylic acids is 3. The number of benzene rings is 2. The summed E-state index contributed by atoms with van der Waals surface area (Å²) in [4.78, 5) is 37.9. The predicted molar refractivity (Wildman–Crippen MR) is 103 cm³/mol. The Kier molecular flexibility index (Phi) is 5.86. The molecule has 0 spiro atoms. The van der Waals surface area contributed by atoms with E-state index >= 15 is 0 Å². The zero-order valence-corrected chi connectivity index (χ0v) is 15.3. The average molecular weight is 365 g/mol. The molecule has 1 saturated heterocycles. The first-order valence-electron chi connectivity index (χ1n) is 9.07. The third kappa shape index (κ3) is 4.73. The molecule has 0 radical (unpaired) electrons. The molecule has 0 aromatic heterocycles. The number of amides is 3. The Bertz CT molecular complexity index is 818. The maximum Gasteiger partial charge on any atom is 0.251 e. The molecule has 27 heavy (non-hydrogen) atoms. The van der Waals surface area contributed by atoms with Gasteiger partial charge in [-0.15, -0.1) is 0 Å². The van der Waals surface area contributed by atoms with E-state index in [0.717, 1.165) is 24.2 Å². The zero-order valence-electron chi connectivity index (χ0n) is 15.3. The Morgan fingerprint density at radius 1 is 1.07 bits per heavy atom. The summed E-state index contributed by atoms with van der Waals surface area (Å²) in [6.45, 7) is 2.77. The van der Waals surface area contributed by atoms with Gasteiger partial charge in [-0.25, -0.2) is 0 Å². The van der Waals surface area contributed by atoms with Crippen LogP contribution in [-0.4, -0.2) is 30.3 Å². The van der Waals surface area contributed by atoms with Gasteiger partial charge >= 0.3 is 0 Å². The number of carbonyl (C=O) groups is 3. The minimum atomic E-state index is -0.640. The van der Waals surface area contributed by atoms with Crippen LogP contribution in [0.15, 0.2) is 54.6 Å². The molecule has 0 aliphatic carbocycles. The largest absolute Gasteiger partial charge is 0.350 e. The number of nitrogens with one attached hydrogen (secondary N) is 2. The summed E-state index contributed by atoms with van der Waals surface area (Å²) in [6.07, 6.45) is 1.49. The van der Waals surface area contributed by atoms with Crippen molar-refractivity contribution in [2.45, 2.75) is 32.4 Å². The Balaban J connectivity index is 1.49. The summed E-state index contributed by atoms with van der Waals surface area (Å²) in [5.41, 5.74) is 2.33. The van der Waals surface area contributed by atoms with Gasteiger partial charge in [0, 0.05) is 30.8 Å². The van der Waals surface area contributed by atoms with Crippen molar-refractivity contribution in [3.05, 3.63) is 65.7 Å². The molecule has 3 amide bonds. The molecule has 1 heterocycles. The van der Waals surface area contributed by atoms with Crippen molar-refractivity contribution in [1.29, 1.82) is 0 Å². The maximum atomic E-state index is 12.2. The molecule has 3 rings (SSSR count). The highest BCUT2D eigenvalue weighted by Crippen LogP contribution is 2.21. The molecule has 2 aromatic carbocycles. The summed E-state index contributed by atoms with van der Waals surface area (Å²) in [7, 11) is 0. The number of hydrogen-bond donors (Lipinski definition) is 2. The van der Waals surface area contributed by atoms with Gasteiger partial charge in [-0.2, -0.15) is 0 Å². The summed E-state index contributed by atoms with van der Waals surface area (Å²) in [6, 6.07) is 15.7. The van der Waals surface area contributed by atoms with E-state index in [2.05, 4.69) is 10.6 Å². The van der Waals surface area contributed by atoms with Gasteiger partial charge in [-0.05, 0) is 43.2 Å². The quantitative estimate of drug-likeness (QED) is 0.824. The molecule has 0 saturated carbocycles. The van der Waals surface area contributed by atoms with Crippen LogP contribution >= 0.6 is 0 Å². The van der Waals surface area contributed by atoms with E-state index in [1.165, 1.54) is 0 Å². The second-order valence-corrected chi connectivity index (χ2v) is 6.59. The molecule has 140 valence electrons. The van der Waals surface area contributed by atoms with E-state index in [9.17, 15) is 14.4 Å². The lowest BCUT2D eigenvalue weighted by Gasteiger charge is -2.17. The van der Waals surface area contributed by atoms with E-state index < -0.39 is 6.04 Å². The summed E-state index contributed by atoms with van der Waals surface area (Å²) < 4.78 is 0. The number of anilines is 1. The number of rotatable bonds is 6. The molecule has 1 aliphatic heterocycles. The molecule has 1 atom stereocenters. The number of hydrogen-bond acceptors (Lipinski definition) is 3. The van der Waals surface area contributed by atoms with Crippen molar-refractivity contribution in [2.24, 2.45) is 0 Å². The topological polar surface area (TPSA) is 78.5 Å². The predicted octanol–water partition coefficient (Wildman–Crippen LogP) is 2.25. The summed E-state index contributed by atoms with van der Waals surface area (Å²) in [5, 5.41) is 5.51. The van der Waals surface area contributed by atoms with Crippen LogP contribution in [0.2, 0.25) is 0 Å². The van der Waals surface area contributed by atoms with Crippen LogP contribution in [0.3, 0.4) is 0 Å². The van der Waals surface area contributed by atoms with E-state index in [4.69, 9.17) is 0 Å². The molecule has 2 aromatic rings. The molecule has 6 heteroatoms. The molecule has 1 aliphatic rings. The van der Waals surface area contributed by atoms with E-state index in [-0.39, 0.29) is 17.7 Å². The van der Waals surface area contributed by atoms with Gasteiger partial charge in [0.05, 0.1) is 0 Å². The molecule has 6 nitrogen and oxygen atoms in total. The van der Waals surface area contributed by atoms with Gasteiger partial charge in [0.2, 0.25) is 11.8 Å². The second-order valence-electron chi connectivity index (χ2n) is 6.59. The lowest BCUT2D eigenvalue weighted by Crippen LogP contribution is -2.44. The smallest absolute Gasteiger partial charge is 0.251 e. The van der Waals surface area contributed by atoms with Gasteiger partial charge in [-0.3, -0.25) is 14.4 Å². The SMILES string of the molecule is CC(NC(=O)c1ccccc1)C(=O)NCc1ccc(N2CCCC2=O)cc1. The Labute approximate surface area is 158 Å². The van der Waals surface area contributed by atoms with Crippen LogP contribution in [0, 0.1) is 0 Å². The normalized spacial score (nSPS) is 14.7. The van der Waals surface area contributed by atoms with Crippen LogP contribution < -0.4 is 15.5 Å². The fraction of sp³-hybridized carbons (Fsp3) is 0.286. The molecule has 0 bridgehead atoms. The minimum Gasteiger partial charge on any atom is -0.350 e. The molecule has 2 N–H and O–H groups in total. The zero-order chi connectivity index (χ0) is 19.2. The molecular formula is C21H23N3O3. The standard InChI is InChI=1S/C21H23N3O3/c1-15(23-21(27)17-6-3-2-4-7-17)20(26)22-14-16-9-11-18(12-10-16)24-13-5-8-19(24)25/h2-4,6-7,9-12,15H,5,8,13-14H2,1H3,(H,22,26)(H,23,27). The van der Waals surface area contributed by atoms with Crippen molar-refractivity contribution in [3.8, 4) is 0 Å². The fourth-order valence-electron chi connectivity index (χ4n) is 2.99. The number of nitrogens with zero attached hydrogens (tertiary/aromatic N) is 1.